The highest BCUT2D eigenvalue weighted by atomic mass is 32.2. The summed E-state index contributed by atoms with van der Waals surface area (Å²) in [6, 6.07) is 8.32. The van der Waals surface area contributed by atoms with E-state index in [1.807, 2.05) is 6.08 Å². The van der Waals surface area contributed by atoms with Crippen molar-refractivity contribution in [3.8, 4) is 0 Å². The maximum atomic E-state index is 12.2. The molecule has 0 spiro atoms. The fourth-order valence-corrected chi connectivity index (χ4v) is 4.18. The third-order valence-corrected chi connectivity index (χ3v) is 5.92. The fourth-order valence-electron chi connectivity index (χ4n) is 3.15. The Morgan fingerprint density at radius 2 is 1.89 bits per heavy atom. The highest BCUT2D eigenvalue weighted by molar-refractivity contribution is 7.86. The molecule has 4 rings (SSSR count). The smallest absolute Gasteiger partial charge is 0.338 e. The van der Waals surface area contributed by atoms with Crippen molar-refractivity contribution in [1.82, 2.24) is 0 Å². The lowest BCUT2D eigenvalue weighted by molar-refractivity contribution is -0.0281. The molecule has 1 saturated carbocycles. The van der Waals surface area contributed by atoms with Gasteiger partial charge in [-0.3, -0.25) is 0 Å². The summed E-state index contributed by atoms with van der Waals surface area (Å²) in [5.41, 5.74) is 0.163. The van der Waals surface area contributed by atoms with Crippen LogP contribution in [0, 0.1) is 17.3 Å². The zero-order valence-electron chi connectivity index (χ0n) is 11.2. The topological polar surface area (TPSA) is 43.4 Å². The van der Waals surface area contributed by atoms with E-state index < -0.39 is 10.1 Å². The molecule has 3 aliphatic rings. The molecule has 0 heterocycles. The van der Waals surface area contributed by atoms with E-state index in [-0.39, 0.29) is 16.2 Å². The Hall–Kier alpha value is -1.29. The molecule has 102 valence electrons. The minimum absolute atomic E-state index is 0.163. The molecular weight excluding hydrogens is 260 g/mol. The van der Waals surface area contributed by atoms with Gasteiger partial charge in [0.15, 0.2) is 0 Å². The van der Waals surface area contributed by atoms with Gasteiger partial charge in [0.2, 0.25) is 0 Å². The Balaban J connectivity index is 1.85. The zero-order chi connectivity index (χ0) is 13.7. The average Bonchev–Trinajstić information content (AvgIpc) is 2.39. The Bertz CT molecular complexity index is 614. The van der Waals surface area contributed by atoms with Gasteiger partial charge >= 0.3 is 10.1 Å². The standard InChI is InChI=1S/C15H18O3S/c1-15(2)11-8-9-14(13(15)10-11)18-19(16,17)12-6-4-3-5-7-12/h3-7,9,11,13H,8,10H2,1-2H3/t11-,13-/m0/s1. The predicted molar refractivity (Wildman–Crippen MR) is 72.8 cm³/mol. The van der Waals surface area contributed by atoms with Crippen molar-refractivity contribution >= 4 is 10.1 Å². The van der Waals surface area contributed by atoms with Gasteiger partial charge in [0.05, 0.1) is 0 Å². The molecule has 0 aliphatic heterocycles. The molecule has 4 heteroatoms. The second-order valence-electron chi connectivity index (χ2n) is 6.00. The van der Waals surface area contributed by atoms with Gasteiger partial charge in [0, 0.05) is 5.92 Å². The van der Waals surface area contributed by atoms with Crippen LogP contribution in [0.3, 0.4) is 0 Å². The monoisotopic (exact) mass is 278 g/mol. The number of benzene rings is 1. The van der Waals surface area contributed by atoms with Crippen LogP contribution in [0.25, 0.3) is 0 Å². The second-order valence-corrected chi connectivity index (χ2v) is 7.55. The average molecular weight is 278 g/mol. The summed E-state index contributed by atoms with van der Waals surface area (Å²) in [5, 5.41) is 0. The van der Waals surface area contributed by atoms with Gasteiger partial charge in [0.1, 0.15) is 10.7 Å². The number of hydrogen-bond acceptors (Lipinski definition) is 3. The van der Waals surface area contributed by atoms with E-state index >= 15 is 0 Å². The van der Waals surface area contributed by atoms with Gasteiger partial charge in [-0.2, -0.15) is 8.42 Å². The van der Waals surface area contributed by atoms with Crippen LogP contribution in [0.15, 0.2) is 47.1 Å². The van der Waals surface area contributed by atoms with E-state index in [0.29, 0.717) is 11.7 Å². The molecule has 3 nitrogen and oxygen atoms in total. The summed E-state index contributed by atoms with van der Waals surface area (Å²) >= 11 is 0. The van der Waals surface area contributed by atoms with Crippen molar-refractivity contribution in [2.75, 3.05) is 0 Å². The summed E-state index contributed by atoms with van der Waals surface area (Å²) in [6.07, 6.45) is 3.91. The number of hydrogen-bond donors (Lipinski definition) is 0. The SMILES string of the molecule is CC1(C)[C@H]2CC=C(OS(=O)(=O)c3ccccc3)[C@@H]1C2. The van der Waals surface area contributed by atoms with Crippen molar-refractivity contribution in [3.63, 3.8) is 0 Å². The van der Waals surface area contributed by atoms with E-state index in [9.17, 15) is 8.42 Å². The molecule has 19 heavy (non-hydrogen) atoms. The van der Waals surface area contributed by atoms with Gasteiger partial charge in [-0.25, -0.2) is 0 Å². The zero-order valence-corrected chi connectivity index (χ0v) is 12.0. The number of rotatable bonds is 3. The largest absolute Gasteiger partial charge is 0.384 e. The molecule has 1 aromatic rings. The van der Waals surface area contributed by atoms with Crippen molar-refractivity contribution in [2.24, 2.45) is 17.3 Å². The first-order valence-electron chi connectivity index (χ1n) is 6.61. The first-order valence-corrected chi connectivity index (χ1v) is 8.01. The maximum absolute atomic E-state index is 12.2. The minimum atomic E-state index is -3.69. The van der Waals surface area contributed by atoms with Gasteiger partial charge in [-0.05, 0) is 42.4 Å². The molecule has 0 aromatic heterocycles. The highest BCUT2D eigenvalue weighted by Crippen LogP contribution is 2.59. The third-order valence-electron chi connectivity index (χ3n) is 4.66. The van der Waals surface area contributed by atoms with Crippen molar-refractivity contribution < 1.29 is 12.6 Å². The van der Waals surface area contributed by atoms with E-state index in [2.05, 4.69) is 13.8 Å². The molecular formula is C15H18O3S. The quantitative estimate of drug-likeness (QED) is 0.796. The van der Waals surface area contributed by atoms with Crippen LogP contribution in [-0.4, -0.2) is 8.42 Å². The molecule has 0 amide bonds. The van der Waals surface area contributed by atoms with E-state index in [0.717, 1.165) is 12.8 Å². The predicted octanol–water partition coefficient (Wildman–Crippen LogP) is 3.34. The molecule has 0 radical (unpaired) electrons. The fraction of sp³-hybridized carbons (Fsp3) is 0.467. The van der Waals surface area contributed by atoms with Crippen molar-refractivity contribution in [3.05, 3.63) is 42.2 Å². The van der Waals surface area contributed by atoms with Gasteiger partial charge < -0.3 is 4.18 Å². The minimum Gasteiger partial charge on any atom is -0.384 e. The van der Waals surface area contributed by atoms with Crippen LogP contribution < -0.4 is 0 Å². The van der Waals surface area contributed by atoms with Gasteiger partial charge in [-0.1, -0.05) is 32.0 Å². The molecule has 0 saturated heterocycles. The van der Waals surface area contributed by atoms with Crippen LogP contribution in [0.1, 0.15) is 26.7 Å². The molecule has 2 bridgehead atoms. The summed E-state index contributed by atoms with van der Waals surface area (Å²) in [6.45, 7) is 4.38. The molecule has 1 aromatic carbocycles. The first-order chi connectivity index (χ1) is 8.91. The van der Waals surface area contributed by atoms with E-state index in [1.165, 1.54) is 0 Å². The first kappa shape index (κ1) is 12.7. The maximum Gasteiger partial charge on any atom is 0.338 e. The highest BCUT2D eigenvalue weighted by Gasteiger charge is 2.53. The van der Waals surface area contributed by atoms with Crippen LogP contribution >= 0.6 is 0 Å². The Kier molecular flexibility index (Phi) is 2.75. The second kappa shape index (κ2) is 4.10. The van der Waals surface area contributed by atoms with Crippen LogP contribution in [0.2, 0.25) is 0 Å². The van der Waals surface area contributed by atoms with Crippen LogP contribution in [0.4, 0.5) is 0 Å². The van der Waals surface area contributed by atoms with Gasteiger partial charge in [0.25, 0.3) is 0 Å². The lowest BCUT2D eigenvalue weighted by Crippen LogP contribution is -2.48. The molecule has 0 N–H and O–H groups in total. The molecule has 1 fully saturated rings. The summed E-state index contributed by atoms with van der Waals surface area (Å²) in [4.78, 5) is 0.218. The summed E-state index contributed by atoms with van der Waals surface area (Å²) in [5.74, 6) is 1.55. The Morgan fingerprint density at radius 3 is 2.47 bits per heavy atom. The lowest BCUT2D eigenvalue weighted by atomic mass is 9.50. The van der Waals surface area contributed by atoms with E-state index in [4.69, 9.17) is 4.18 Å². The summed E-state index contributed by atoms with van der Waals surface area (Å²) < 4.78 is 29.8. The number of allylic oxidation sites excluding steroid dienone is 2. The molecule has 2 atom stereocenters. The normalized spacial score (nSPS) is 28.2. The van der Waals surface area contributed by atoms with Crippen molar-refractivity contribution in [2.45, 2.75) is 31.6 Å². The Morgan fingerprint density at radius 1 is 1.21 bits per heavy atom. The molecule has 3 aliphatic carbocycles. The van der Waals surface area contributed by atoms with Crippen molar-refractivity contribution in [1.29, 1.82) is 0 Å². The lowest BCUT2D eigenvalue weighted by Gasteiger charge is -2.55. The molecule has 0 unspecified atom stereocenters. The van der Waals surface area contributed by atoms with Crippen LogP contribution in [-0.2, 0) is 14.3 Å². The van der Waals surface area contributed by atoms with Gasteiger partial charge in [-0.15, -0.1) is 0 Å². The van der Waals surface area contributed by atoms with Crippen LogP contribution in [0.5, 0.6) is 0 Å². The Labute approximate surface area is 114 Å². The number of fused-ring (bicyclic) bond motifs is 1. The summed E-state index contributed by atoms with van der Waals surface area (Å²) in [7, 11) is -3.69. The van der Waals surface area contributed by atoms with E-state index in [1.54, 1.807) is 30.3 Å². The third kappa shape index (κ3) is 1.98.